The van der Waals surface area contributed by atoms with Gasteiger partial charge in [0.2, 0.25) is 5.91 Å². The van der Waals surface area contributed by atoms with E-state index in [4.69, 9.17) is 0 Å². The average Bonchev–Trinajstić information content (AvgIpc) is 2.26. The maximum atomic E-state index is 12.6. The van der Waals surface area contributed by atoms with E-state index >= 15 is 0 Å². The van der Waals surface area contributed by atoms with Crippen LogP contribution >= 0.6 is 0 Å². The van der Waals surface area contributed by atoms with E-state index in [0.717, 1.165) is 5.56 Å². The van der Waals surface area contributed by atoms with E-state index in [2.05, 4.69) is 17.2 Å². The van der Waals surface area contributed by atoms with Crippen molar-refractivity contribution in [3.63, 3.8) is 0 Å². The fourth-order valence-corrected chi connectivity index (χ4v) is 1.27. The van der Waals surface area contributed by atoms with Gasteiger partial charge in [0.25, 0.3) is 0 Å². The van der Waals surface area contributed by atoms with Gasteiger partial charge in [0.1, 0.15) is 5.82 Å². The summed E-state index contributed by atoms with van der Waals surface area (Å²) in [4.78, 5) is 11.3. The van der Waals surface area contributed by atoms with Crippen LogP contribution in [0.4, 0.5) is 4.39 Å². The second-order valence-corrected chi connectivity index (χ2v) is 4.18. The summed E-state index contributed by atoms with van der Waals surface area (Å²) in [5.74, 6) is 5.75. The third-order valence-corrected chi connectivity index (χ3v) is 2.04. The first-order chi connectivity index (χ1) is 8.08. The molecular weight excluding hydrogens is 217 g/mol. The maximum absolute atomic E-state index is 12.6. The molecule has 0 saturated heterocycles. The molecule has 0 atom stereocenters. The minimum atomic E-state index is -0.277. The van der Waals surface area contributed by atoms with E-state index in [1.54, 1.807) is 12.1 Å². The molecule has 0 aromatic heterocycles. The molecule has 0 unspecified atom stereocenters. The molecule has 0 aliphatic carbocycles. The Morgan fingerprint density at radius 2 is 2.00 bits per heavy atom. The molecule has 0 bridgehead atoms. The van der Waals surface area contributed by atoms with E-state index < -0.39 is 0 Å². The Labute approximate surface area is 101 Å². The first-order valence-electron chi connectivity index (χ1n) is 5.59. The van der Waals surface area contributed by atoms with Crippen LogP contribution in [-0.4, -0.2) is 12.5 Å². The van der Waals surface area contributed by atoms with Crippen LogP contribution in [-0.2, 0) is 4.79 Å². The number of halogens is 1. The molecule has 0 saturated carbocycles. The van der Waals surface area contributed by atoms with Gasteiger partial charge in [-0.1, -0.05) is 25.7 Å². The van der Waals surface area contributed by atoms with Crippen molar-refractivity contribution in [3.05, 3.63) is 35.6 Å². The average molecular weight is 233 g/mol. The van der Waals surface area contributed by atoms with E-state index in [1.165, 1.54) is 12.1 Å². The number of rotatable bonds is 3. The lowest BCUT2D eigenvalue weighted by atomic mass is 10.1. The highest BCUT2D eigenvalue weighted by Crippen LogP contribution is 2.00. The molecule has 0 aliphatic heterocycles. The van der Waals surface area contributed by atoms with Gasteiger partial charge in [-0.25, -0.2) is 4.39 Å². The van der Waals surface area contributed by atoms with Gasteiger partial charge < -0.3 is 5.32 Å². The summed E-state index contributed by atoms with van der Waals surface area (Å²) in [5.41, 5.74) is 0.740. The summed E-state index contributed by atoms with van der Waals surface area (Å²) in [6.07, 6.45) is 0.512. The smallest absolute Gasteiger partial charge is 0.221 e. The zero-order valence-electron chi connectivity index (χ0n) is 10.1. The lowest BCUT2D eigenvalue weighted by molar-refractivity contribution is -0.121. The molecule has 17 heavy (non-hydrogen) atoms. The van der Waals surface area contributed by atoms with E-state index in [-0.39, 0.29) is 11.7 Å². The second-order valence-electron chi connectivity index (χ2n) is 4.18. The van der Waals surface area contributed by atoms with Crippen molar-refractivity contribution in [1.82, 2.24) is 5.32 Å². The van der Waals surface area contributed by atoms with Crippen molar-refractivity contribution >= 4 is 5.91 Å². The minimum absolute atomic E-state index is 0.00778. The molecule has 90 valence electrons. The van der Waals surface area contributed by atoms with Gasteiger partial charge in [-0.15, -0.1) is 0 Å². The summed E-state index contributed by atoms with van der Waals surface area (Å²) in [6.45, 7) is 4.30. The van der Waals surface area contributed by atoms with Gasteiger partial charge in [0.05, 0.1) is 6.54 Å². The molecule has 2 nitrogen and oxygen atoms in total. The molecule has 0 fully saturated rings. The molecule has 1 rings (SSSR count). The van der Waals surface area contributed by atoms with Gasteiger partial charge >= 0.3 is 0 Å². The summed E-state index contributed by atoms with van der Waals surface area (Å²) in [6, 6.07) is 5.94. The number of nitrogens with one attached hydrogen (secondary N) is 1. The fraction of sp³-hybridized carbons (Fsp3) is 0.357. The molecule has 0 spiro atoms. The Kier molecular flexibility index (Phi) is 5.22. The zero-order chi connectivity index (χ0) is 12.7. The quantitative estimate of drug-likeness (QED) is 0.798. The molecule has 1 N–H and O–H groups in total. The monoisotopic (exact) mass is 233 g/mol. The molecule has 0 aliphatic rings. The summed E-state index contributed by atoms with van der Waals surface area (Å²) in [7, 11) is 0. The predicted molar refractivity (Wildman–Crippen MR) is 65.7 cm³/mol. The van der Waals surface area contributed by atoms with Gasteiger partial charge in [0.15, 0.2) is 0 Å². The van der Waals surface area contributed by atoms with Crippen molar-refractivity contribution in [1.29, 1.82) is 0 Å². The van der Waals surface area contributed by atoms with Crippen molar-refractivity contribution in [2.24, 2.45) is 5.92 Å². The Balaban J connectivity index is 2.36. The lowest BCUT2D eigenvalue weighted by Crippen LogP contribution is -2.24. The first kappa shape index (κ1) is 13.2. The third kappa shape index (κ3) is 5.72. The Morgan fingerprint density at radius 1 is 1.35 bits per heavy atom. The standard InChI is InChI=1S/C14H16FNO/c1-11(2)10-14(17)16-9-3-4-12-5-7-13(15)8-6-12/h5-8,11H,9-10H2,1-2H3,(H,16,17). The minimum Gasteiger partial charge on any atom is -0.345 e. The molecule has 0 heterocycles. The topological polar surface area (TPSA) is 29.1 Å². The largest absolute Gasteiger partial charge is 0.345 e. The van der Waals surface area contributed by atoms with Crippen LogP contribution in [0.1, 0.15) is 25.8 Å². The van der Waals surface area contributed by atoms with Crippen LogP contribution in [0.15, 0.2) is 24.3 Å². The van der Waals surface area contributed by atoms with Crippen LogP contribution in [0.3, 0.4) is 0 Å². The van der Waals surface area contributed by atoms with E-state index in [1.807, 2.05) is 13.8 Å². The predicted octanol–water partition coefficient (Wildman–Crippen LogP) is 2.34. The molecule has 1 amide bonds. The van der Waals surface area contributed by atoms with Crippen LogP contribution in [0.2, 0.25) is 0 Å². The summed E-state index contributed by atoms with van der Waals surface area (Å²) >= 11 is 0. The first-order valence-corrected chi connectivity index (χ1v) is 5.59. The number of carbonyl (C=O) groups excluding carboxylic acids is 1. The highest BCUT2D eigenvalue weighted by Gasteiger charge is 2.01. The van der Waals surface area contributed by atoms with Crippen molar-refractivity contribution in [2.75, 3.05) is 6.54 Å². The molecule has 0 radical (unpaired) electrons. The van der Waals surface area contributed by atoms with E-state index in [0.29, 0.717) is 18.9 Å². The number of hydrogen-bond donors (Lipinski definition) is 1. The second kappa shape index (κ2) is 6.70. The van der Waals surface area contributed by atoms with Gasteiger partial charge in [0, 0.05) is 12.0 Å². The zero-order valence-corrected chi connectivity index (χ0v) is 10.1. The van der Waals surface area contributed by atoms with Crippen LogP contribution in [0, 0.1) is 23.6 Å². The Bertz CT molecular complexity index is 426. The SMILES string of the molecule is CC(C)CC(=O)NCC#Cc1ccc(F)cc1. The number of carbonyl (C=O) groups is 1. The highest BCUT2D eigenvalue weighted by atomic mass is 19.1. The Morgan fingerprint density at radius 3 is 2.59 bits per heavy atom. The van der Waals surface area contributed by atoms with E-state index in [9.17, 15) is 9.18 Å². The number of amides is 1. The van der Waals surface area contributed by atoms with Gasteiger partial charge in [-0.2, -0.15) is 0 Å². The molecule has 1 aromatic carbocycles. The molecule has 1 aromatic rings. The lowest BCUT2D eigenvalue weighted by Gasteiger charge is -2.03. The van der Waals surface area contributed by atoms with Crippen LogP contribution in [0.5, 0.6) is 0 Å². The number of hydrogen-bond acceptors (Lipinski definition) is 1. The fourth-order valence-electron chi connectivity index (χ4n) is 1.27. The van der Waals surface area contributed by atoms with Crippen molar-refractivity contribution in [3.8, 4) is 11.8 Å². The molecule has 3 heteroatoms. The van der Waals surface area contributed by atoms with Crippen molar-refractivity contribution < 1.29 is 9.18 Å². The maximum Gasteiger partial charge on any atom is 0.221 e. The summed E-state index contributed by atoms with van der Waals surface area (Å²) in [5, 5.41) is 2.71. The van der Waals surface area contributed by atoms with Crippen LogP contribution < -0.4 is 5.32 Å². The van der Waals surface area contributed by atoms with Crippen molar-refractivity contribution in [2.45, 2.75) is 20.3 Å². The van der Waals surface area contributed by atoms with Gasteiger partial charge in [-0.3, -0.25) is 4.79 Å². The normalized spacial score (nSPS) is 9.65. The number of benzene rings is 1. The highest BCUT2D eigenvalue weighted by molar-refractivity contribution is 5.76. The molecular formula is C14H16FNO. The summed E-state index contributed by atoms with van der Waals surface area (Å²) < 4.78 is 12.6. The third-order valence-electron chi connectivity index (χ3n) is 2.04. The van der Waals surface area contributed by atoms with Crippen LogP contribution in [0.25, 0.3) is 0 Å². The Hall–Kier alpha value is -1.82. The van der Waals surface area contributed by atoms with Gasteiger partial charge in [-0.05, 0) is 30.2 Å².